The van der Waals surface area contributed by atoms with Gasteiger partial charge in [-0.2, -0.15) is 0 Å². The molecule has 0 radical (unpaired) electrons. The third-order valence-electron chi connectivity index (χ3n) is 4.11. The van der Waals surface area contributed by atoms with E-state index in [0.717, 1.165) is 23.0 Å². The highest BCUT2D eigenvalue weighted by Crippen LogP contribution is 2.23. The lowest BCUT2D eigenvalue weighted by Crippen LogP contribution is -2.17. The lowest BCUT2D eigenvalue weighted by atomic mass is 10.2. The number of hydrogen-bond donors (Lipinski definition) is 0. The van der Waals surface area contributed by atoms with Gasteiger partial charge in [0.1, 0.15) is 18.1 Å². The predicted octanol–water partition coefficient (Wildman–Crippen LogP) is 3.85. The van der Waals surface area contributed by atoms with Gasteiger partial charge in [-0.1, -0.05) is 0 Å². The first-order valence-electron chi connectivity index (χ1n) is 8.51. The first-order valence-corrected chi connectivity index (χ1v) is 9.59. The molecule has 1 heterocycles. The van der Waals surface area contributed by atoms with Crippen molar-refractivity contribution in [2.24, 2.45) is 0 Å². The molecule has 0 spiro atoms. The summed E-state index contributed by atoms with van der Waals surface area (Å²) >= 11 is 2.09. The van der Waals surface area contributed by atoms with Crippen molar-refractivity contribution >= 4 is 34.5 Å². The summed E-state index contributed by atoms with van der Waals surface area (Å²) in [7, 11) is 1.57. The van der Waals surface area contributed by atoms with E-state index in [1.54, 1.807) is 49.6 Å². The Morgan fingerprint density at radius 2 is 1.85 bits per heavy atom. The smallest absolute Gasteiger partial charge is 0.343 e. The number of hydrogen-bond acceptors (Lipinski definition) is 6. The van der Waals surface area contributed by atoms with Crippen molar-refractivity contribution in [2.45, 2.75) is 18.9 Å². The summed E-state index contributed by atoms with van der Waals surface area (Å²) in [5.41, 5.74) is 0.812. The van der Waals surface area contributed by atoms with Gasteiger partial charge in [-0.3, -0.25) is 0 Å². The van der Waals surface area contributed by atoms with E-state index < -0.39 is 11.9 Å². The minimum atomic E-state index is -0.482. The van der Waals surface area contributed by atoms with E-state index in [2.05, 4.69) is 22.6 Å². The summed E-state index contributed by atoms with van der Waals surface area (Å²) in [4.78, 5) is 24.3. The van der Waals surface area contributed by atoms with E-state index in [1.807, 2.05) is 0 Å². The van der Waals surface area contributed by atoms with Crippen molar-refractivity contribution in [1.82, 2.24) is 0 Å². The van der Waals surface area contributed by atoms with Gasteiger partial charge in [0.05, 0.1) is 27.9 Å². The van der Waals surface area contributed by atoms with Crippen LogP contribution >= 0.6 is 22.6 Å². The Morgan fingerprint density at radius 3 is 2.48 bits per heavy atom. The molecule has 0 bridgehead atoms. The second kappa shape index (κ2) is 9.18. The topological polar surface area (TPSA) is 71.1 Å². The average molecular weight is 482 g/mol. The number of carbonyl (C=O) groups is 2. The Balaban J connectivity index is 1.57. The van der Waals surface area contributed by atoms with Gasteiger partial charge in [-0.25, -0.2) is 9.59 Å². The SMILES string of the molecule is COc1ccc(C(=O)Oc2ccc(C(=O)OCC3CCCO3)cc2)cc1I. The Kier molecular flexibility index (Phi) is 6.68. The molecule has 0 saturated carbocycles. The minimum absolute atomic E-state index is 0.0125. The van der Waals surface area contributed by atoms with Crippen LogP contribution in [0.2, 0.25) is 0 Å². The molecule has 0 amide bonds. The second-order valence-electron chi connectivity index (χ2n) is 6.00. The number of rotatable bonds is 6. The van der Waals surface area contributed by atoms with Crippen molar-refractivity contribution in [1.29, 1.82) is 0 Å². The molecule has 0 aliphatic carbocycles. The molecule has 0 N–H and O–H groups in total. The molecular weight excluding hydrogens is 463 g/mol. The lowest BCUT2D eigenvalue weighted by Gasteiger charge is -2.10. The van der Waals surface area contributed by atoms with E-state index in [9.17, 15) is 9.59 Å². The average Bonchev–Trinajstić information content (AvgIpc) is 3.20. The van der Waals surface area contributed by atoms with Crippen LogP contribution in [0.25, 0.3) is 0 Å². The van der Waals surface area contributed by atoms with Crippen LogP contribution in [0.4, 0.5) is 0 Å². The van der Waals surface area contributed by atoms with Gasteiger partial charge < -0.3 is 18.9 Å². The molecule has 1 atom stereocenters. The van der Waals surface area contributed by atoms with Gasteiger partial charge >= 0.3 is 11.9 Å². The maximum absolute atomic E-state index is 12.3. The lowest BCUT2D eigenvalue weighted by molar-refractivity contribution is 0.0161. The molecule has 27 heavy (non-hydrogen) atoms. The predicted molar refractivity (Wildman–Crippen MR) is 106 cm³/mol. The van der Waals surface area contributed by atoms with E-state index in [0.29, 0.717) is 22.6 Å². The van der Waals surface area contributed by atoms with Crippen LogP contribution in [-0.4, -0.2) is 38.4 Å². The summed E-state index contributed by atoms with van der Waals surface area (Å²) in [6.45, 7) is 0.973. The number of esters is 2. The van der Waals surface area contributed by atoms with Crippen molar-refractivity contribution < 1.29 is 28.5 Å². The van der Waals surface area contributed by atoms with E-state index in [1.165, 1.54) is 0 Å². The van der Waals surface area contributed by atoms with Crippen LogP contribution in [0.15, 0.2) is 42.5 Å². The Hall–Kier alpha value is -2.13. The zero-order valence-corrected chi connectivity index (χ0v) is 16.9. The summed E-state index contributed by atoms with van der Waals surface area (Å²) in [5, 5.41) is 0. The normalized spacial score (nSPS) is 16.0. The molecule has 7 heteroatoms. The molecule has 1 aliphatic rings. The summed E-state index contributed by atoms with van der Waals surface area (Å²) < 4.78 is 22.0. The zero-order valence-electron chi connectivity index (χ0n) is 14.8. The largest absolute Gasteiger partial charge is 0.496 e. The van der Waals surface area contributed by atoms with Gasteiger partial charge in [0.15, 0.2) is 0 Å². The second-order valence-corrected chi connectivity index (χ2v) is 7.16. The highest BCUT2D eigenvalue weighted by molar-refractivity contribution is 14.1. The molecule has 2 aromatic rings. The fourth-order valence-electron chi connectivity index (χ4n) is 2.65. The molecule has 1 fully saturated rings. The Morgan fingerprint density at radius 1 is 1.11 bits per heavy atom. The molecule has 3 rings (SSSR count). The van der Waals surface area contributed by atoms with Gasteiger partial charge in [-0.15, -0.1) is 0 Å². The first kappa shape index (κ1) is 19.6. The maximum atomic E-state index is 12.3. The fourth-order valence-corrected chi connectivity index (χ4v) is 3.38. The molecule has 0 aromatic heterocycles. The van der Waals surface area contributed by atoms with Crippen molar-refractivity contribution in [3.63, 3.8) is 0 Å². The van der Waals surface area contributed by atoms with Crippen LogP contribution in [-0.2, 0) is 9.47 Å². The number of methoxy groups -OCH3 is 1. The minimum Gasteiger partial charge on any atom is -0.496 e. The highest BCUT2D eigenvalue weighted by Gasteiger charge is 2.18. The zero-order chi connectivity index (χ0) is 19.2. The quantitative estimate of drug-likeness (QED) is 0.354. The number of carbonyl (C=O) groups excluding carboxylic acids is 2. The Bertz CT molecular complexity index is 812. The van der Waals surface area contributed by atoms with Crippen LogP contribution in [0.3, 0.4) is 0 Å². The monoisotopic (exact) mass is 482 g/mol. The highest BCUT2D eigenvalue weighted by atomic mass is 127. The van der Waals surface area contributed by atoms with Gasteiger partial charge in [-0.05, 0) is 77.9 Å². The molecule has 2 aromatic carbocycles. The molecule has 142 valence electrons. The van der Waals surface area contributed by atoms with Crippen LogP contribution in [0.5, 0.6) is 11.5 Å². The number of ether oxygens (including phenoxy) is 4. The van der Waals surface area contributed by atoms with Gasteiger partial charge in [0, 0.05) is 6.61 Å². The number of benzene rings is 2. The van der Waals surface area contributed by atoms with Gasteiger partial charge in [0.25, 0.3) is 0 Å². The molecule has 1 unspecified atom stereocenters. The molecular formula is C20H19IO6. The third-order valence-corrected chi connectivity index (χ3v) is 4.96. The van der Waals surface area contributed by atoms with Crippen LogP contribution < -0.4 is 9.47 Å². The standard InChI is InChI=1S/C20H19IO6/c1-24-18-9-6-14(11-17(18)21)20(23)27-15-7-4-13(5-8-15)19(22)26-12-16-3-2-10-25-16/h4-9,11,16H,2-3,10,12H2,1H3. The number of halogens is 1. The third kappa shape index (κ3) is 5.20. The maximum Gasteiger partial charge on any atom is 0.343 e. The Labute approximate surface area is 170 Å². The van der Waals surface area contributed by atoms with Crippen LogP contribution in [0.1, 0.15) is 33.6 Å². The molecule has 1 saturated heterocycles. The molecule has 6 nitrogen and oxygen atoms in total. The summed E-state index contributed by atoms with van der Waals surface area (Å²) in [6.07, 6.45) is 1.89. The van der Waals surface area contributed by atoms with E-state index >= 15 is 0 Å². The first-order chi connectivity index (χ1) is 13.1. The van der Waals surface area contributed by atoms with Crippen molar-refractivity contribution in [3.8, 4) is 11.5 Å². The van der Waals surface area contributed by atoms with Gasteiger partial charge in [0.2, 0.25) is 0 Å². The summed E-state index contributed by atoms with van der Waals surface area (Å²) in [6, 6.07) is 11.3. The van der Waals surface area contributed by atoms with Crippen molar-refractivity contribution in [2.75, 3.05) is 20.3 Å². The summed E-state index contributed by atoms with van der Waals surface area (Å²) in [5.74, 6) is 0.136. The fraction of sp³-hybridized carbons (Fsp3) is 0.300. The van der Waals surface area contributed by atoms with Crippen molar-refractivity contribution in [3.05, 3.63) is 57.2 Å². The van der Waals surface area contributed by atoms with E-state index in [4.69, 9.17) is 18.9 Å². The van der Waals surface area contributed by atoms with E-state index in [-0.39, 0.29) is 12.7 Å². The van der Waals surface area contributed by atoms with Crippen LogP contribution in [0, 0.1) is 3.57 Å². The molecule has 1 aliphatic heterocycles.